The van der Waals surface area contributed by atoms with Crippen LogP contribution in [0.2, 0.25) is 10.0 Å². The van der Waals surface area contributed by atoms with Crippen LogP contribution in [0.1, 0.15) is 34.3 Å². The number of carbonyl (C=O) groups is 1. The van der Waals surface area contributed by atoms with Gasteiger partial charge in [-0.3, -0.25) is 4.79 Å². The number of ether oxygens (including phenoxy) is 2. The molecular formula is C24H18Cl2FNO3. The fourth-order valence-corrected chi connectivity index (χ4v) is 4.27. The lowest BCUT2D eigenvalue weighted by Gasteiger charge is -2.28. The first-order chi connectivity index (χ1) is 15.0. The molecule has 1 fully saturated rings. The second-order valence-corrected chi connectivity index (χ2v) is 8.49. The summed E-state index contributed by atoms with van der Waals surface area (Å²) in [7, 11) is 0. The van der Waals surface area contributed by atoms with Gasteiger partial charge in [0.2, 0.25) is 0 Å². The van der Waals surface area contributed by atoms with E-state index in [-0.39, 0.29) is 17.2 Å². The summed E-state index contributed by atoms with van der Waals surface area (Å²) in [4.78, 5) is 14.5. The standard InChI is InChI=1S/C24H18Cl2FNO3/c25-17-7-3-15(4-8-17)24(16-5-9-18(26)10-6-16)30-21-13-19(20(27)14-22(21)31-24)23(29)28-11-1-2-12-28/h3-10,13-14H,1-2,11-12H2. The number of rotatable bonds is 3. The molecule has 0 spiro atoms. The number of hydrogen-bond acceptors (Lipinski definition) is 3. The lowest BCUT2D eigenvalue weighted by atomic mass is 9.97. The summed E-state index contributed by atoms with van der Waals surface area (Å²) in [5.74, 6) is -1.81. The topological polar surface area (TPSA) is 38.8 Å². The van der Waals surface area contributed by atoms with E-state index in [1.165, 1.54) is 12.1 Å². The van der Waals surface area contributed by atoms with Crippen LogP contribution in [0.5, 0.6) is 11.5 Å². The third kappa shape index (κ3) is 3.52. The lowest BCUT2D eigenvalue weighted by Crippen LogP contribution is -2.36. The molecule has 0 unspecified atom stereocenters. The van der Waals surface area contributed by atoms with Gasteiger partial charge in [0.15, 0.2) is 11.5 Å². The average molecular weight is 458 g/mol. The van der Waals surface area contributed by atoms with Gasteiger partial charge in [0.05, 0.1) is 5.56 Å². The molecule has 0 bridgehead atoms. The van der Waals surface area contributed by atoms with Crippen LogP contribution in [0.4, 0.5) is 4.39 Å². The molecule has 158 valence electrons. The van der Waals surface area contributed by atoms with Crippen molar-refractivity contribution in [3.63, 3.8) is 0 Å². The Morgan fingerprint density at radius 2 is 1.32 bits per heavy atom. The van der Waals surface area contributed by atoms with E-state index in [0.717, 1.165) is 12.8 Å². The van der Waals surface area contributed by atoms with Crippen molar-refractivity contribution in [2.75, 3.05) is 13.1 Å². The number of amides is 1. The predicted molar refractivity (Wildman–Crippen MR) is 116 cm³/mol. The summed E-state index contributed by atoms with van der Waals surface area (Å²) in [6.07, 6.45) is 1.85. The summed E-state index contributed by atoms with van der Waals surface area (Å²) >= 11 is 12.1. The summed E-state index contributed by atoms with van der Waals surface area (Å²) in [6, 6.07) is 16.7. The maximum atomic E-state index is 14.9. The molecule has 2 heterocycles. The van der Waals surface area contributed by atoms with Crippen molar-refractivity contribution < 1.29 is 18.7 Å². The van der Waals surface area contributed by atoms with Gasteiger partial charge in [-0.05, 0) is 67.4 Å². The molecule has 1 amide bonds. The molecule has 0 atom stereocenters. The van der Waals surface area contributed by atoms with E-state index in [9.17, 15) is 9.18 Å². The number of likely N-dealkylation sites (tertiary alicyclic amines) is 1. The molecule has 0 N–H and O–H groups in total. The van der Waals surface area contributed by atoms with Crippen LogP contribution < -0.4 is 9.47 Å². The molecule has 0 aliphatic carbocycles. The Morgan fingerprint density at radius 3 is 1.84 bits per heavy atom. The number of benzene rings is 3. The molecule has 1 saturated heterocycles. The SMILES string of the molecule is O=C(c1cc2c(cc1F)OC(c1ccc(Cl)cc1)(c1ccc(Cl)cc1)O2)N1CCCC1. The number of halogens is 3. The Hall–Kier alpha value is -2.76. The van der Waals surface area contributed by atoms with E-state index < -0.39 is 11.6 Å². The molecule has 0 aromatic heterocycles. The first-order valence-corrected chi connectivity index (χ1v) is 10.7. The van der Waals surface area contributed by atoms with Gasteiger partial charge < -0.3 is 14.4 Å². The zero-order valence-electron chi connectivity index (χ0n) is 16.4. The van der Waals surface area contributed by atoms with Gasteiger partial charge in [0, 0.05) is 40.3 Å². The van der Waals surface area contributed by atoms with Gasteiger partial charge in [0.1, 0.15) is 5.82 Å². The van der Waals surface area contributed by atoms with Crippen LogP contribution in [0.3, 0.4) is 0 Å². The zero-order chi connectivity index (χ0) is 21.6. The van der Waals surface area contributed by atoms with Gasteiger partial charge in [-0.15, -0.1) is 0 Å². The fraction of sp³-hybridized carbons (Fsp3) is 0.208. The Morgan fingerprint density at radius 1 is 0.839 bits per heavy atom. The average Bonchev–Trinajstić information content (AvgIpc) is 3.42. The van der Waals surface area contributed by atoms with Crippen molar-refractivity contribution in [2.45, 2.75) is 18.6 Å². The highest BCUT2D eigenvalue weighted by Crippen LogP contribution is 2.49. The molecule has 0 radical (unpaired) electrons. The number of fused-ring (bicyclic) bond motifs is 1. The van der Waals surface area contributed by atoms with Crippen LogP contribution in [0.15, 0.2) is 60.7 Å². The van der Waals surface area contributed by atoms with Gasteiger partial charge in [-0.2, -0.15) is 0 Å². The molecule has 3 aromatic rings. The highest BCUT2D eigenvalue weighted by Gasteiger charge is 2.46. The van der Waals surface area contributed by atoms with Crippen LogP contribution in [-0.2, 0) is 5.79 Å². The summed E-state index contributed by atoms with van der Waals surface area (Å²) in [5.41, 5.74) is 1.32. The highest BCUT2D eigenvalue weighted by molar-refractivity contribution is 6.30. The molecule has 2 aliphatic heterocycles. The van der Waals surface area contributed by atoms with E-state index in [0.29, 0.717) is 40.0 Å². The minimum absolute atomic E-state index is 0.0211. The monoisotopic (exact) mass is 457 g/mol. The van der Waals surface area contributed by atoms with Crippen molar-refractivity contribution in [1.82, 2.24) is 4.90 Å². The summed E-state index contributed by atoms with van der Waals surface area (Å²) in [5, 5.41) is 1.13. The largest absolute Gasteiger partial charge is 0.440 e. The summed E-state index contributed by atoms with van der Waals surface area (Å²) in [6.45, 7) is 1.26. The molecule has 5 rings (SSSR count). The minimum Gasteiger partial charge on any atom is -0.440 e. The smallest absolute Gasteiger partial charge is 0.305 e. The van der Waals surface area contributed by atoms with Gasteiger partial charge in [-0.1, -0.05) is 23.2 Å². The number of carbonyl (C=O) groups excluding carboxylic acids is 1. The normalized spacial score (nSPS) is 16.5. The maximum Gasteiger partial charge on any atom is 0.305 e. The fourth-order valence-electron chi connectivity index (χ4n) is 4.02. The number of hydrogen-bond donors (Lipinski definition) is 0. The Labute approximate surface area is 189 Å². The Bertz CT molecular complexity index is 1100. The van der Waals surface area contributed by atoms with Gasteiger partial charge in [0.25, 0.3) is 5.91 Å². The molecule has 2 aliphatic rings. The Balaban J connectivity index is 1.59. The Kier molecular flexibility index (Phi) is 5.03. The molecule has 4 nitrogen and oxygen atoms in total. The molecule has 31 heavy (non-hydrogen) atoms. The zero-order valence-corrected chi connectivity index (χ0v) is 17.9. The van der Waals surface area contributed by atoms with E-state index in [2.05, 4.69) is 0 Å². The molecule has 3 aromatic carbocycles. The predicted octanol–water partition coefficient (Wildman–Crippen LogP) is 6.04. The molecule has 0 saturated carbocycles. The number of nitrogens with zero attached hydrogens (tertiary/aromatic N) is 1. The molecule has 7 heteroatoms. The quantitative estimate of drug-likeness (QED) is 0.481. The van der Waals surface area contributed by atoms with Crippen molar-refractivity contribution in [2.24, 2.45) is 0 Å². The van der Waals surface area contributed by atoms with E-state index in [1.54, 1.807) is 53.4 Å². The second kappa shape index (κ2) is 7.74. The van der Waals surface area contributed by atoms with Crippen LogP contribution >= 0.6 is 23.2 Å². The van der Waals surface area contributed by atoms with Gasteiger partial charge in [-0.25, -0.2) is 4.39 Å². The van der Waals surface area contributed by atoms with Crippen molar-refractivity contribution in [3.05, 3.63) is 93.2 Å². The van der Waals surface area contributed by atoms with Crippen molar-refractivity contribution in [3.8, 4) is 11.5 Å². The highest BCUT2D eigenvalue weighted by atomic mass is 35.5. The van der Waals surface area contributed by atoms with Crippen LogP contribution in [0, 0.1) is 5.82 Å². The summed E-state index contributed by atoms with van der Waals surface area (Å²) < 4.78 is 27.4. The second-order valence-electron chi connectivity index (χ2n) is 7.61. The van der Waals surface area contributed by atoms with Crippen molar-refractivity contribution in [1.29, 1.82) is 0 Å². The van der Waals surface area contributed by atoms with E-state index in [4.69, 9.17) is 32.7 Å². The van der Waals surface area contributed by atoms with Crippen LogP contribution in [-0.4, -0.2) is 23.9 Å². The first kappa shape index (κ1) is 20.2. The van der Waals surface area contributed by atoms with E-state index >= 15 is 0 Å². The van der Waals surface area contributed by atoms with E-state index in [1.807, 2.05) is 0 Å². The molecular weight excluding hydrogens is 440 g/mol. The first-order valence-electron chi connectivity index (χ1n) is 9.99. The third-order valence-corrected chi connectivity index (χ3v) is 6.12. The maximum absolute atomic E-state index is 14.9. The van der Waals surface area contributed by atoms with Crippen LogP contribution in [0.25, 0.3) is 0 Å². The lowest BCUT2D eigenvalue weighted by molar-refractivity contribution is -0.0459. The van der Waals surface area contributed by atoms with Crippen molar-refractivity contribution >= 4 is 29.1 Å². The third-order valence-electron chi connectivity index (χ3n) is 5.61. The minimum atomic E-state index is -1.36. The van der Waals surface area contributed by atoms with Gasteiger partial charge >= 0.3 is 5.79 Å².